The van der Waals surface area contributed by atoms with Crippen LogP contribution < -0.4 is 0 Å². The van der Waals surface area contributed by atoms with E-state index in [4.69, 9.17) is 0 Å². The molecule has 1 aliphatic rings. The Labute approximate surface area is 157 Å². The molecule has 3 heterocycles. The van der Waals surface area contributed by atoms with Crippen LogP contribution in [0.2, 0.25) is 0 Å². The van der Waals surface area contributed by atoms with Gasteiger partial charge in [0.15, 0.2) is 0 Å². The zero-order valence-corrected chi connectivity index (χ0v) is 14.9. The number of fused-ring (bicyclic) bond motifs is 2. The van der Waals surface area contributed by atoms with E-state index in [9.17, 15) is 4.79 Å². The number of aromatic amines is 1. The lowest BCUT2D eigenvalue weighted by Gasteiger charge is -2.27. The molecule has 4 aromatic rings. The molecule has 0 atom stereocenters. The van der Waals surface area contributed by atoms with Gasteiger partial charge in [0, 0.05) is 36.6 Å². The van der Waals surface area contributed by atoms with Crippen LogP contribution in [-0.4, -0.2) is 33.9 Å². The summed E-state index contributed by atoms with van der Waals surface area (Å²) in [5, 5.41) is 2.11. The summed E-state index contributed by atoms with van der Waals surface area (Å²) < 4.78 is 0. The first-order chi connectivity index (χ1) is 13.3. The summed E-state index contributed by atoms with van der Waals surface area (Å²) in [5.74, 6) is 0.0964. The van der Waals surface area contributed by atoms with Gasteiger partial charge in [-0.2, -0.15) is 0 Å². The van der Waals surface area contributed by atoms with Gasteiger partial charge in [-0.1, -0.05) is 42.5 Å². The Balaban J connectivity index is 1.43. The molecule has 1 N–H and O–H groups in total. The van der Waals surface area contributed by atoms with E-state index in [2.05, 4.69) is 16.0 Å². The van der Waals surface area contributed by atoms with E-state index in [1.54, 1.807) is 0 Å². The molecule has 0 bridgehead atoms. The van der Waals surface area contributed by atoms with Crippen LogP contribution in [0.15, 0.2) is 73.1 Å². The molecule has 1 aliphatic heterocycles. The number of nitrogens with one attached hydrogen (secondary N) is 1. The Bertz CT molecular complexity index is 1180. The highest BCUT2D eigenvalue weighted by Gasteiger charge is 2.22. The van der Waals surface area contributed by atoms with Gasteiger partial charge in [-0.15, -0.1) is 0 Å². The van der Waals surface area contributed by atoms with Crippen LogP contribution in [0, 0.1) is 0 Å². The first kappa shape index (κ1) is 15.8. The summed E-state index contributed by atoms with van der Waals surface area (Å²) in [6.07, 6.45) is 6.83. The first-order valence-corrected chi connectivity index (χ1v) is 9.20. The second-order valence-electron chi connectivity index (χ2n) is 6.86. The molecule has 4 heteroatoms. The molecule has 0 unspecified atom stereocenters. The number of nitrogens with zero attached hydrogens (tertiary/aromatic N) is 2. The van der Waals surface area contributed by atoms with E-state index in [-0.39, 0.29) is 5.91 Å². The van der Waals surface area contributed by atoms with Gasteiger partial charge in [-0.3, -0.25) is 9.78 Å². The van der Waals surface area contributed by atoms with Crippen molar-refractivity contribution in [3.05, 3.63) is 84.2 Å². The maximum atomic E-state index is 13.1. The second-order valence-corrected chi connectivity index (χ2v) is 6.86. The van der Waals surface area contributed by atoms with Gasteiger partial charge in [0.2, 0.25) is 0 Å². The third-order valence-corrected chi connectivity index (χ3v) is 5.30. The minimum atomic E-state index is 0.0964. The van der Waals surface area contributed by atoms with Gasteiger partial charge in [0.1, 0.15) is 0 Å². The fraction of sp³-hybridized carbons (Fsp3) is 0.130. The van der Waals surface area contributed by atoms with Crippen molar-refractivity contribution < 1.29 is 4.79 Å². The molecule has 2 aromatic carbocycles. The van der Waals surface area contributed by atoms with Crippen molar-refractivity contribution in [1.29, 1.82) is 0 Å². The number of hydrogen-bond donors (Lipinski definition) is 1. The Kier molecular flexibility index (Phi) is 3.75. The predicted octanol–water partition coefficient (Wildman–Crippen LogP) is 4.65. The van der Waals surface area contributed by atoms with Crippen molar-refractivity contribution in [1.82, 2.24) is 14.9 Å². The Morgan fingerprint density at radius 3 is 2.81 bits per heavy atom. The van der Waals surface area contributed by atoms with Crippen LogP contribution in [0.25, 0.3) is 27.4 Å². The average Bonchev–Trinajstić information content (AvgIpc) is 3.17. The fourth-order valence-corrected chi connectivity index (χ4v) is 3.88. The van der Waals surface area contributed by atoms with Gasteiger partial charge in [-0.05, 0) is 41.0 Å². The topological polar surface area (TPSA) is 49.0 Å². The maximum absolute atomic E-state index is 13.1. The summed E-state index contributed by atoms with van der Waals surface area (Å²) in [6.45, 7) is 1.34. The van der Waals surface area contributed by atoms with Crippen molar-refractivity contribution in [2.24, 2.45) is 0 Å². The Morgan fingerprint density at radius 1 is 1.04 bits per heavy atom. The number of carbonyl (C=O) groups is 1. The molecule has 1 amide bonds. The van der Waals surface area contributed by atoms with Crippen LogP contribution in [-0.2, 0) is 0 Å². The summed E-state index contributed by atoms with van der Waals surface area (Å²) in [5.41, 5.74) is 5.21. The smallest absolute Gasteiger partial charge is 0.254 e. The summed E-state index contributed by atoms with van der Waals surface area (Å²) in [6, 6.07) is 17.9. The number of H-pyrrole nitrogens is 1. The molecule has 0 fully saturated rings. The molecule has 0 aliphatic carbocycles. The van der Waals surface area contributed by atoms with Gasteiger partial charge in [-0.25, -0.2) is 0 Å². The first-order valence-electron chi connectivity index (χ1n) is 9.20. The molecule has 0 saturated heterocycles. The highest BCUT2D eigenvalue weighted by molar-refractivity contribution is 6.07. The quantitative estimate of drug-likeness (QED) is 0.570. The van der Waals surface area contributed by atoms with E-state index < -0.39 is 0 Å². The van der Waals surface area contributed by atoms with Crippen LogP contribution in [0.4, 0.5) is 0 Å². The normalized spacial score (nSPS) is 14.5. The lowest BCUT2D eigenvalue weighted by atomic mass is 9.99. The molecule has 5 rings (SSSR count). The van der Waals surface area contributed by atoms with Crippen LogP contribution in [0.3, 0.4) is 0 Å². The molecule has 27 heavy (non-hydrogen) atoms. The number of rotatable bonds is 2. The fourth-order valence-electron chi connectivity index (χ4n) is 3.88. The predicted molar refractivity (Wildman–Crippen MR) is 109 cm³/mol. The van der Waals surface area contributed by atoms with Crippen molar-refractivity contribution >= 4 is 33.3 Å². The minimum Gasteiger partial charge on any atom is -0.359 e. The third kappa shape index (κ3) is 2.70. The minimum absolute atomic E-state index is 0.0964. The number of carbonyl (C=O) groups excluding carboxylic acids is 1. The summed E-state index contributed by atoms with van der Waals surface area (Å²) in [4.78, 5) is 22.8. The van der Waals surface area contributed by atoms with E-state index in [1.807, 2.05) is 71.9 Å². The van der Waals surface area contributed by atoms with Crippen LogP contribution >= 0.6 is 0 Å². The Morgan fingerprint density at radius 2 is 1.93 bits per heavy atom. The molecule has 0 radical (unpaired) electrons. The number of benzene rings is 2. The van der Waals surface area contributed by atoms with E-state index >= 15 is 0 Å². The van der Waals surface area contributed by atoms with Gasteiger partial charge in [0.05, 0.1) is 11.0 Å². The average molecular weight is 353 g/mol. The van der Waals surface area contributed by atoms with Crippen molar-refractivity contribution in [2.45, 2.75) is 6.42 Å². The maximum Gasteiger partial charge on any atom is 0.254 e. The van der Waals surface area contributed by atoms with Crippen molar-refractivity contribution in [3.63, 3.8) is 0 Å². The molecular formula is C23H19N3O. The monoisotopic (exact) mass is 353 g/mol. The standard InChI is InChI=1S/C23H19N3O/c27-23(19-8-3-6-16-5-1-2-7-18(16)19)26-13-10-17(11-14-26)20-15-25-21-9-4-12-24-22(20)21/h1-10,12,15,25H,11,13-14H2. The molecule has 132 valence electrons. The van der Waals surface area contributed by atoms with E-state index in [0.717, 1.165) is 39.4 Å². The Hall–Kier alpha value is -3.40. The summed E-state index contributed by atoms with van der Waals surface area (Å²) in [7, 11) is 0. The number of amides is 1. The number of hydrogen-bond acceptors (Lipinski definition) is 2. The molecule has 4 nitrogen and oxygen atoms in total. The highest BCUT2D eigenvalue weighted by Crippen LogP contribution is 2.29. The molecule has 0 saturated carbocycles. The van der Waals surface area contributed by atoms with Gasteiger partial charge >= 0.3 is 0 Å². The van der Waals surface area contributed by atoms with E-state index in [0.29, 0.717) is 13.1 Å². The second kappa shape index (κ2) is 6.40. The third-order valence-electron chi connectivity index (χ3n) is 5.30. The molecule has 2 aromatic heterocycles. The summed E-state index contributed by atoms with van der Waals surface area (Å²) >= 11 is 0. The highest BCUT2D eigenvalue weighted by atomic mass is 16.2. The zero-order valence-electron chi connectivity index (χ0n) is 14.9. The SMILES string of the molecule is O=C(c1cccc2ccccc12)N1CC=C(c2c[nH]c3cccnc23)CC1. The van der Waals surface area contributed by atoms with Gasteiger partial charge in [0.25, 0.3) is 5.91 Å². The number of aromatic nitrogens is 2. The van der Waals surface area contributed by atoms with Crippen LogP contribution in [0.5, 0.6) is 0 Å². The van der Waals surface area contributed by atoms with Crippen molar-refractivity contribution in [3.8, 4) is 0 Å². The molecule has 0 spiro atoms. The number of pyridine rings is 1. The lowest BCUT2D eigenvalue weighted by Crippen LogP contribution is -2.34. The zero-order chi connectivity index (χ0) is 18.2. The van der Waals surface area contributed by atoms with E-state index in [1.165, 1.54) is 5.57 Å². The van der Waals surface area contributed by atoms with Crippen molar-refractivity contribution in [2.75, 3.05) is 13.1 Å². The lowest BCUT2D eigenvalue weighted by molar-refractivity contribution is 0.0775. The largest absolute Gasteiger partial charge is 0.359 e. The van der Waals surface area contributed by atoms with Crippen LogP contribution in [0.1, 0.15) is 22.3 Å². The van der Waals surface area contributed by atoms with Gasteiger partial charge < -0.3 is 9.88 Å². The molecular weight excluding hydrogens is 334 g/mol.